The van der Waals surface area contributed by atoms with Crippen LogP contribution in [0.1, 0.15) is 17.6 Å². The predicted octanol–water partition coefficient (Wildman–Crippen LogP) is 3.31. The van der Waals surface area contributed by atoms with E-state index in [4.69, 9.17) is 16.9 Å². The van der Waals surface area contributed by atoms with Crippen LogP contribution in [0.2, 0.25) is 5.02 Å². The van der Waals surface area contributed by atoms with Gasteiger partial charge in [-0.3, -0.25) is 0 Å². The van der Waals surface area contributed by atoms with Crippen LogP contribution in [0.25, 0.3) is 0 Å². The monoisotopic (exact) mass is 266 g/mol. The second-order valence-electron chi connectivity index (χ2n) is 2.10. The first kappa shape index (κ1) is 10.4. The molecule has 0 amide bonds. The molecule has 2 nitrogen and oxygen atoms in total. The van der Waals surface area contributed by atoms with Crippen molar-refractivity contribution in [3.05, 3.63) is 26.9 Å². The van der Waals surface area contributed by atoms with Gasteiger partial charge in [0.15, 0.2) is 0 Å². The Morgan fingerprint density at radius 1 is 1.62 bits per heavy atom. The molecule has 0 aliphatic carbocycles. The number of nitriles is 1. The smallest absolute Gasteiger partial charge is 0.247 e. The Kier molecular flexibility index (Phi) is 3.17. The van der Waals surface area contributed by atoms with E-state index in [1.807, 2.05) is 0 Å². The van der Waals surface area contributed by atoms with E-state index in [-0.39, 0.29) is 15.2 Å². The number of halogens is 4. The highest BCUT2D eigenvalue weighted by Gasteiger charge is 2.19. The quantitative estimate of drug-likeness (QED) is 0.732. The van der Waals surface area contributed by atoms with Crippen molar-refractivity contribution >= 4 is 27.5 Å². The minimum Gasteiger partial charge on any atom is -0.247 e. The molecule has 0 aromatic carbocycles. The molecule has 0 saturated heterocycles. The van der Waals surface area contributed by atoms with Gasteiger partial charge in [0.25, 0.3) is 6.43 Å². The zero-order valence-corrected chi connectivity index (χ0v) is 8.40. The average molecular weight is 267 g/mol. The normalized spacial score (nSPS) is 10.2. The fourth-order valence-electron chi connectivity index (χ4n) is 0.747. The van der Waals surface area contributed by atoms with E-state index in [0.29, 0.717) is 0 Å². The molecule has 0 aliphatic rings. The van der Waals surface area contributed by atoms with Gasteiger partial charge in [0.05, 0.1) is 16.1 Å². The molecule has 1 aromatic rings. The third-order valence-electron chi connectivity index (χ3n) is 1.34. The SMILES string of the molecule is N#Cc1cnc(Br)c(C(F)F)c1Cl. The lowest BCUT2D eigenvalue weighted by Gasteiger charge is -2.05. The van der Waals surface area contributed by atoms with E-state index in [1.54, 1.807) is 6.07 Å². The van der Waals surface area contributed by atoms with Gasteiger partial charge in [-0.2, -0.15) is 5.26 Å². The van der Waals surface area contributed by atoms with E-state index >= 15 is 0 Å². The van der Waals surface area contributed by atoms with Gasteiger partial charge < -0.3 is 0 Å². The summed E-state index contributed by atoms with van der Waals surface area (Å²) in [5, 5.41) is 8.23. The Balaban J connectivity index is 3.41. The summed E-state index contributed by atoms with van der Waals surface area (Å²) in [7, 11) is 0. The summed E-state index contributed by atoms with van der Waals surface area (Å²) >= 11 is 8.36. The molecule has 0 radical (unpaired) electrons. The van der Waals surface area contributed by atoms with E-state index in [1.165, 1.54) is 0 Å². The Morgan fingerprint density at radius 3 is 2.69 bits per heavy atom. The Bertz CT molecular complexity index is 375. The van der Waals surface area contributed by atoms with Crippen LogP contribution in [0.5, 0.6) is 0 Å². The molecule has 1 rings (SSSR count). The lowest BCUT2D eigenvalue weighted by atomic mass is 10.2. The average Bonchev–Trinajstić information content (AvgIpc) is 2.04. The van der Waals surface area contributed by atoms with Crippen molar-refractivity contribution in [2.75, 3.05) is 0 Å². The number of nitrogens with zero attached hydrogens (tertiary/aromatic N) is 2. The largest absolute Gasteiger partial charge is 0.267 e. The van der Waals surface area contributed by atoms with Crippen LogP contribution in [0.4, 0.5) is 8.78 Å². The van der Waals surface area contributed by atoms with Crippen molar-refractivity contribution in [2.24, 2.45) is 0 Å². The highest BCUT2D eigenvalue weighted by atomic mass is 79.9. The maximum Gasteiger partial charge on any atom is 0.267 e. The van der Waals surface area contributed by atoms with Crippen molar-refractivity contribution in [3.8, 4) is 6.07 Å². The zero-order valence-electron chi connectivity index (χ0n) is 6.06. The fourth-order valence-corrected chi connectivity index (χ4v) is 1.60. The predicted molar refractivity (Wildman–Crippen MR) is 46.6 cm³/mol. The Hall–Kier alpha value is -0.730. The van der Waals surface area contributed by atoms with Crippen molar-refractivity contribution in [3.63, 3.8) is 0 Å². The van der Waals surface area contributed by atoms with Crippen LogP contribution in [0.15, 0.2) is 10.8 Å². The molecule has 0 bridgehead atoms. The van der Waals surface area contributed by atoms with Crippen molar-refractivity contribution < 1.29 is 8.78 Å². The third-order valence-corrected chi connectivity index (χ3v) is 2.38. The molecule has 1 heterocycles. The molecule has 0 fully saturated rings. The van der Waals surface area contributed by atoms with Gasteiger partial charge in [-0.1, -0.05) is 11.6 Å². The minimum absolute atomic E-state index is 0.0356. The first-order valence-corrected chi connectivity index (χ1v) is 4.27. The maximum absolute atomic E-state index is 12.3. The first-order valence-electron chi connectivity index (χ1n) is 3.10. The number of hydrogen-bond donors (Lipinski definition) is 0. The van der Waals surface area contributed by atoms with Crippen LogP contribution >= 0.6 is 27.5 Å². The molecule has 1 aromatic heterocycles. The summed E-state index contributed by atoms with van der Waals surface area (Å²) in [5.74, 6) is 0. The molecular formula is C7H2BrClF2N2. The summed E-state index contributed by atoms with van der Waals surface area (Å²) < 4.78 is 24.6. The number of alkyl halides is 2. The minimum atomic E-state index is -2.75. The van der Waals surface area contributed by atoms with Crippen LogP contribution < -0.4 is 0 Å². The number of rotatable bonds is 1. The number of pyridine rings is 1. The summed E-state index contributed by atoms with van der Waals surface area (Å²) in [6.07, 6.45) is -1.61. The summed E-state index contributed by atoms with van der Waals surface area (Å²) in [5.41, 5.74) is -0.499. The maximum atomic E-state index is 12.3. The number of hydrogen-bond acceptors (Lipinski definition) is 2. The first-order chi connectivity index (χ1) is 6.07. The molecule has 0 N–H and O–H groups in total. The van der Waals surface area contributed by atoms with Crippen LogP contribution in [0, 0.1) is 11.3 Å². The highest BCUT2D eigenvalue weighted by Crippen LogP contribution is 2.33. The molecule has 13 heavy (non-hydrogen) atoms. The Morgan fingerprint density at radius 2 is 2.23 bits per heavy atom. The topological polar surface area (TPSA) is 36.7 Å². The van der Waals surface area contributed by atoms with E-state index in [9.17, 15) is 8.78 Å². The van der Waals surface area contributed by atoms with E-state index in [0.717, 1.165) is 6.20 Å². The molecule has 0 spiro atoms. The number of aromatic nitrogens is 1. The van der Waals surface area contributed by atoms with Gasteiger partial charge in [-0.05, 0) is 15.9 Å². The van der Waals surface area contributed by atoms with E-state index < -0.39 is 12.0 Å². The zero-order chi connectivity index (χ0) is 10.0. The van der Waals surface area contributed by atoms with Crippen LogP contribution in [0.3, 0.4) is 0 Å². The fraction of sp³-hybridized carbons (Fsp3) is 0.143. The van der Waals surface area contributed by atoms with Gasteiger partial charge in [-0.25, -0.2) is 13.8 Å². The van der Waals surface area contributed by atoms with Gasteiger partial charge >= 0.3 is 0 Å². The summed E-state index contributed by atoms with van der Waals surface area (Å²) in [4.78, 5) is 3.56. The highest BCUT2D eigenvalue weighted by molar-refractivity contribution is 9.10. The molecular weight excluding hydrogens is 265 g/mol. The lowest BCUT2D eigenvalue weighted by molar-refractivity contribution is 0.150. The van der Waals surface area contributed by atoms with Crippen LogP contribution in [-0.2, 0) is 0 Å². The van der Waals surface area contributed by atoms with Gasteiger partial charge in [-0.15, -0.1) is 0 Å². The summed E-state index contributed by atoms with van der Waals surface area (Å²) in [6, 6.07) is 1.67. The van der Waals surface area contributed by atoms with Crippen molar-refractivity contribution in [1.82, 2.24) is 4.98 Å². The molecule has 6 heteroatoms. The molecule has 0 aliphatic heterocycles. The molecule has 68 valence electrons. The Labute approximate surface area is 86.3 Å². The molecule has 0 unspecified atom stereocenters. The summed E-state index contributed by atoms with van der Waals surface area (Å²) in [6.45, 7) is 0. The second-order valence-corrected chi connectivity index (χ2v) is 3.23. The van der Waals surface area contributed by atoms with Gasteiger partial charge in [0.1, 0.15) is 10.7 Å². The molecule has 0 saturated carbocycles. The third kappa shape index (κ3) is 1.95. The van der Waals surface area contributed by atoms with Crippen LogP contribution in [-0.4, -0.2) is 4.98 Å². The second kappa shape index (κ2) is 3.99. The standard InChI is InChI=1S/C7H2BrClF2N2/c8-6-4(7(10)11)5(9)3(1-12)2-13-6/h2,7H. The van der Waals surface area contributed by atoms with Gasteiger partial charge in [0.2, 0.25) is 0 Å². The van der Waals surface area contributed by atoms with Crippen molar-refractivity contribution in [2.45, 2.75) is 6.43 Å². The van der Waals surface area contributed by atoms with Crippen molar-refractivity contribution in [1.29, 1.82) is 5.26 Å². The van der Waals surface area contributed by atoms with E-state index in [2.05, 4.69) is 20.9 Å². The lowest BCUT2D eigenvalue weighted by Crippen LogP contribution is -1.94. The molecule has 0 atom stereocenters. The van der Waals surface area contributed by atoms with Gasteiger partial charge in [0, 0.05) is 6.20 Å².